The minimum Gasteiger partial charge on any atom is -0.361 e. The molecule has 2 aliphatic rings. The lowest BCUT2D eigenvalue weighted by atomic mass is 10.1. The van der Waals surface area contributed by atoms with Gasteiger partial charge in [-0.05, 0) is 48.7 Å². The number of nitrogens with zero attached hydrogens (tertiary/aromatic N) is 2. The second kappa shape index (κ2) is 9.60. The van der Waals surface area contributed by atoms with Crippen molar-refractivity contribution in [2.45, 2.75) is 43.3 Å². The molecule has 6 nitrogen and oxygen atoms in total. The van der Waals surface area contributed by atoms with E-state index in [1.807, 2.05) is 59.5 Å². The molecule has 3 aromatic carbocycles. The summed E-state index contributed by atoms with van der Waals surface area (Å²) < 4.78 is 27.8. The number of hydrogen-bond donors (Lipinski definition) is 1. The van der Waals surface area contributed by atoms with Crippen molar-refractivity contribution in [3.8, 4) is 0 Å². The fourth-order valence-electron chi connectivity index (χ4n) is 4.78. The van der Waals surface area contributed by atoms with E-state index in [0.717, 1.165) is 42.5 Å². The van der Waals surface area contributed by atoms with Crippen LogP contribution < -0.4 is 5.32 Å². The summed E-state index contributed by atoms with van der Waals surface area (Å²) in [4.78, 5) is 15.3. The van der Waals surface area contributed by atoms with Gasteiger partial charge in [-0.3, -0.25) is 4.79 Å². The van der Waals surface area contributed by atoms with Gasteiger partial charge in [-0.25, -0.2) is 8.42 Å². The lowest BCUT2D eigenvalue weighted by Gasteiger charge is -2.27. The van der Waals surface area contributed by atoms with Crippen molar-refractivity contribution in [3.63, 3.8) is 0 Å². The number of sulfonamides is 1. The SMILES string of the molecule is O=C1c2ccccc2C(Nc2ccc(S(=O)(=O)N3CCCCCC3)cc2)N1Cc1ccccc1. The molecule has 1 saturated heterocycles. The number of anilines is 1. The van der Waals surface area contributed by atoms with Gasteiger partial charge in [-0.1, -0.05) is 61.4 Å². The van der Waals surface area contributed by atoms with Crippen LogP contribution in [-0.4, -0.2) is 36.6 Å². The number of carbonyl (C=O) groups excluding carboxylic acids is 1. The van der Waals surface area contributed by atoms with Crippen molar-refractivity contribution in [1.82, 2.24) is 9.21 Å². The van der Waals surface area contributed by atoms with Crippen LogP contribution in [0.3, 0.4) is 0 Å². The molecule has 5 rings (SSSR count). The van der Waals surface area contributed by atoms with E-state index >= 15 is 0 Å². The van der Waals surface area contributed by atoms with Crippen LogP contribution in [0.2, 0.25) is 0 Å². The van der Waals surface area contributed by atoms with Crippen molar-refractivity contribution in [3.05, 3.63) is 95.6 Å². The third-order valence-corrected chi connectivity index (χ3v) is 8.53. The van der Waals surface area contributed by atoms with Gasteiger partial charge in [-0.15, -0.1) is 0 Å². The second-order valence-electron chi connectivity index (χ2n) is 8.90. The van der Waals surface area contributed by atoms with Crippen LogP contribution >= 0.6 is 0 Å². The zero-order chi connectivity index (χ0) is 23.5. The number of hydrogen-bond acceptors (Lipinski definition) is 4. The Balaban J connectivity index is 1.39. The third-order valence-electron chi connectivity index (χ3n) is 6.61. The maximum Gasteiger partial charge on any atom is 0.256 e. The standard InChI is InChI=1S/C27H29N3O3S/c31-27-25-13-7-6-12-24(25)26(30(27)20-21-10-4-3-5-11-21)28-22-14-16-23(17-15-22)34(32,33)29-18-8-1-2-9-19-29/h3-7,10-17,26,28H,1-2,8-9,18-20H2. The van der Waals surface area contributed by atoms with Gasteiger partial charge < -0.3 is 10.2 Å². The third kappa shape index (κ3) is 4.45. The Morgan fingerprint density at radius 2 is 1.44 bits per heavy atom. The topological polar surface area (TPSA) is 69.7 Å². The fraction of sp³-hybridized carbons (Fsp3) is 0.296. The van der Waals surface area contributed by atoms with Crippen LogP contribution in [0.25, 0.3) is 0 Å². The Morgan fingerprint density at radius 3 is 2.15 bits per heavy atom. The Kier molecular flexibility index (Phi) is 6.39. The van der Waals surface area contributed by atoms with Crippen molar-refractivity contribution >= 4 is 21.6 Å². The van der Waals surface area contributed by atoms with Gasteiger partial charge >= 0.3 is 0 Å². The van der Waals surface area contributed by atoms with Crippen LogP contribution in [0.5, 0.6) is 0 Å². The first-order valence-electron chi connectivity index (χ1n) is 11.8. The highest BCUT2D eigenvalue weighted by Gasteiger charge is 2.36. The number of benzene rings is 3. The molecule has 7 heteroatoms. The van der Waals surface area contributed by atoms with Gasteiger partial charge in [0.15, 0.2) is 0 Å². The summed E-state index contributed by atoms with van der Waals surface area (Å²) in [5.74, 6) is -0.0164. The van der Waals surface area contributed by atoms with Crippen molar-refractivity contribution < 1.29 is 13.2 Å². The quantitative estimate of drug-likeness (QED) is 0.544. The van der Waals surface area contributed by atoms with E-state index in [4.69, 9.17) is 0 Å². The molecule has 1 atom stereocenters. The predicted octanol–water partition coefficient (Wildman–Crippen LogP) is 5.02. The molecule has 0 aliphatic carbocycles. The average Bonchev–Trinajstić information content (AvgIpc) is 3.05. The van der Waals surface area contributed by atoms with Gasteiger partial charge in [0.25, 0.3) is 5.91 Å². The molecule has 176 valence electrons. The molecule has 1 amide bonds. The normalized spacial score (nSPS) is 19.0. The Labute approximate surface area is 201 Å². The summed E-state index contributed by atoms with van der Waals surface area (Å²) in [6, 6.07) is 24.4. The lowest BCUT2D eigenvalue weighted by Crippen LogP contribution is -2.32. The molecule has 3 aromatic rings. The Morgan fingerprint density at radius 1 is 0.794 bits per heavy atom. The number of fused-ring (bicyclic) bond motifs is 1. The molecule has 0 aromatic heterocycles. The van der Waals surface area contributed by atoms with Gasteiger partial charge in [0, 0.05) is 36.4 Å². The molecule has 2 heterocycles. The van der Waals surface area contributed by atoms with E-state index in [9.17, 15) is 13.2 Å². The minimum atomic E-state index is -3.50. The van der Waals surface area contributed by atoms with E-state index in [2.05, 4.69) is 5.32 Å². The molecule has 0 bridgehead atoms. The summed E-state index contributed by atoms with van der Waals surface area (Å²) in [5.41, 5.74) is 3.43. The first-order valence-corrected chi connectivity index (χ1v) is 13.3. The predicted molar refractivity (Wildman–Crippen MR) is 133 cm³/mol. The van der Waals surface area contributed by atoms with Crippen LogP contribution in [0, 0.1) is 0 Å². The number of nitrogens with one attached hydrogen (secondary N) is 1. The molecule has 34 heavy (non-hydrogen) atoms. The monoisotopic (exact) mass is 475 g/mol. The van der Waals surface area contributed by atoms with Crippen LogP contribution in [0.4, 0.5) is 5.69 Å². The lowest BCUT2D eigenvalue weighted by molar-refractivity contribution is 0.0728. The maximum absolute atomic E-state index is 13.2. The minimum absolute atomic E-state index is 0.0164. The second-order valence-corrected chi connectivity index (χ2v) is 10.8. The fourth-order valence-corrected chi connectivity index (χ4v) is 6.30. The maximum atomic E-state index is 13.2. The van der Waals surface area contributed by atoms with E-state index in [1.54, 1.807) is 28.6 Å². The van der Waals surface area contributed by atoms with Crippen molar-refractivity contribution in [2.75, 3.05) is 18.4 Å². The average molecular weight is 476 g/mol. The van der Waals surface area contributed by atoms with Crippen LogP contribution in [-0.2, 0) is 16.6 Å². The number of carbonyl (C=O) groups is 1. The van der Waals surface area contributed by atoms with E-state index in [1.165, 1.54) is 0 Å². The highest BCUT2D eigenvalue weighted by molar-refractivity contribution is 7.89. The largest absolute Gasteiger partial charge is 0.361 e. The van der Waals surface area contributed by atoms with Gasteiger partial charge in [-0.2, -0.15) is 4.31 Å². The van der Waals surface area contributed by atoms with Crippen molar-refractivity contribution in [1.29, 1.82) is 0 Å². The zero-order valence-electron chi connectivity index (χ0n) is 19.1. The van der Waals surface area contributed by atoms with Crippen molar-refractivity contribution in [2.24, 2.45) is 0 Å². The van der Waals surface area contributed by atoms with E-state index in [0.29, 0.717) is 30.1 Å². The summed E-state index contributed by atoms with van der Waals surface area (Å²) >= 11 is 0. The molecule has 0 spiro atoms. The molecule has 1 unspecified atom stereocenters. The first kappa shape index (κ1) is 22.6. The van der Waals surface area contributed by atoms with Gasteiger partial charge in [0.1, 0.15) is 6.17 Å². The number of rotatable bonds is 6. The van der Waals surface area contributed by atoms with Crippen LogP contribution in [0.15, 0.2) is 83.8 Å². The highest BCUT2D eigenvalue weighted by atomic mass is 32.2. The molecule has 2 aliphatic heterocycles. The highest BCUT2D eigenvalue weighted by Crippen LogP contribution is 2.35. The Hall–Kier alpha value is -3.16. The summed E-state index contributed by atoms with van der Waals surface area (Å²) in [6.07, 6.45) is 3.64. The summed E-state index contributed by atoms with van der Waals surface area (Å²) in [5, 5.41) is 3.46. The molecule has 1 N–H and O–H groups in total. The number of amides is 1. The summed E-state index contributed by atoms with van der Waals surface area (Å²) in [6.45, 7) is 1.64. The van der Waals surface area contributed by atoms with E-state index in [-0.39, 0.29) is 12.1 Å². The first-order chi connectivity index (χ1) is 16.5. The molecule has 0 radical (unpaired) electrons. The zero-order valence-corrected chi connectivity index (χ0v) is 19.9. The van der Waals surface area contributed by atoms with Crippen LogP contribution in [0.1, 0.15) is 53.3 Å². The molecular weight excluding hydrogens is 446 g/mol. The van der Waals surface area contributed by atoms with Gasteiger partial charge in [0.05, 0.1) is 4.90 Å². The van der Waals surface area contributed by atoms with E-state index < -0.39 is 10.0 Å². The summed E-state index contributed by atoms with van der Waals surface area (Å²) in [7, 11) is -3.50. The molecule has 0 saturated carbocycles. The molecular formula is C27H29N3O3S. The van der Waals surface area contributed by atoms with Gasteiger partial charge in [0.2, 0.25) is 10.0 Å². The smallest absolute Gasteiger partial charge is 0.256 e. The molecule has 1 fully saturated rings. The Bertz CT molecular complexity index is 1250.